The molecule has 2 N–H and O–H groups in total. The molecule has 1 aromatic heterocycles. The molecule has 0 saturated heterocycles. The Morgan fingerprint density at radius 3 is 2.48 bits per heavy atom. The number of hydrogen-bond acceptors (Lipinski definition) is 6. The Kier molecular flexibility index (Phi) is 5.49. The number of halogens is 1. The van der Waals surface area contributed by atoms with Gasteiger partial charge in [-0.05, 0) is 29.8 Å². The first-order valence-electron chi connectivity index (χ1n) is 7.97. The van der Waals surface area contributed by atoms with E-state index < -0.39 is 16.6 Å². The van der Waals surface area contributed by atoms with E-state index in [1.54, 1.807) is 24.3 Å². The Balaban J connectivity index is 1.73. The maximum absolute atomic E-state index is 12.4. The number of aliphatic hydroxyl groups excluding tert-OH is 1. The summed E-state index contributed by atoms with van der Waals surface area (Å²) in [6.45, 7) is 0.0496. The summed E-state index contributed by atoms with van der Waals surface area (Å²) in [6, 6.07) is 14.4. The van der Waals surface area contributed by atoms with E-state index in [0.717, 1.165) is 0 Å². The number of hydrogen-bond donors (Lipinski definition) is 2. The molecule has 0 bridgehead atoms. The van der Waals surface area contributed by atoms with E-state index in [0.29, 0.717) is 11.3 Å². The summed E-state index contributed by atoms with van der Waals surface area (Å²) in [6.07, 6.45) is 0.456. The minimum absolute atomic E-state index is 0.0496. The van der Waals surface area contributed by atoms with Gasteiger partial charge in [-0.2, -0.15) is 9.78 Å². The lowest BCUT2D eigenvalue weighted by atomic mass is 10.1. The average molecular weight is 387 g/mol. The first-order chi connectivity index (χ1) is 13.0. The molecule has 0 fully saturated rings. The fourth-order valence-corrected chi connectivity index (χ4v) is 2.65. The second-order valence-corrected chi connectivity index (χ2v) is 6.05. The number of aromatic nitrogens is 2. The molecule has 0 aliphatic carbocycles. The normalized spacial score (nSPS) is 11.8. The molecule has 3 rings (SSSR count). The fraction of sp³-hybridized carbons (Fsp3) is 0.111. The first kappa shape index (κ1) is 18.6. The summed E-state index contributed by atoms with van der Waals surface area (Å²) in [5, 5.41) is 27.8. The zero-order valence-electron chi connectivity index (χ0n) is 13.9. The zero-order chi connectivity index (χ0) is 19.4. The number of rotatable bonds is 6. The van der Waals surface area contributed by atoms with E-state index in [1.165, 1.54) is 35.1 Å². The Morgan fingerprint density at radius 2 is 1.85 bits per heavy atom. The smallest absolute Gasteiger partial charge is 0.292 e. The second kappa shape index (κ2) is 7.98. The highest BCUT2D eigenvalue weighted by Crippen LogP contribution is 2.21. The summed E-state index contributed by atoms with van der Waals surface area (Å²) in [5.74, 6) is 0. The van der Waals surface area contributed by atoms with Gasteiger partial charge >= 0.3 is 0 Å². The Morgan fingerprint density at radius 1 is 1.19 bits per heavy atom. The molecule has 9 heteroatoms. The lowest BCUT2D eigenvalue weighted by Gasteiger charge is -2.14. The number of non-ortho nitro benzene ring substituents is 1. The van der Waals surface area contributed by atoms with Crippen LogP contribution < -0.4 is 10.9 Å². The molecule has 1 atom stereocenters. The number of nitrogens with zero attached hydrogens (tertiary/aromatic N) is 3. The SMILES string of the molecule is O=c1c(Cl)c(NC[C@@H](O)c2ccc([N+](=O)[O-])cc2)cnn1-c1ccccc1. The molecule has 0 amide bonds. The summed E-state index contributed by atoms with van der Waals surface area (Å²) in [4.78, 5) is 22.6. The second-order valence-electron chi connectivity index (χ2n) is 5.67. The fourth-order valence-electron chi connectivity index (χ4n) is 2.45. The largest absolute Gasteiger partial charge is 0.387 e. The van der Waals surface area contributed by atoms with E-state index in [9.17, 15) is 20.0 Å². The van der Waals surface area contributed by atoms with Gasteiger partial charge in [0, 0.05) is 18.7 Å². The highest BCUT2D eigenvalue weighted by atomic mass is 35.5. The molecule has 0 radical (unpaired) electrons. The Labute approximate surface area is 158 Å². The molecule has 0 aliphatic rings. The molecule has 0 saturated carbocycles. The van der Waals surface area contributed by atoms with Crippen LogP contribution in [-0.2, 0) is 0 Å². The van der Waals surface area contributed by atoms with Crippen molar-refractivity contribution in [3.05, 3.63) is 91.8 Å². The average Bonchev–Trinajstić information content (AvgIpc) is 2.69. The molecular formula is C18H15ClN4O4. The number of para-hydroxylation sites is 1. The molecule has 138 valence electrons. The lowest BCUT2D eigenvalue weighted by Crippen LogP contribution is -2.23. The molecule has 1 heterocycles. The quantitative estimate of drug-likeness (QED) is 0.497. The van der Waals surface area contributed by atoms with Crippen LogP contribution in [0.2, 0.25) is 5.02 Å². The van der Waals surface area contributed by atoms with Crippen LogP contribution in [0.1, 0.15) is 11.7 Å². The van der Waals surface area contributed by atoms with Crippen molar-refractivity contribution >= 4 is 23.0 Å². The topological polar surface area (TPSA) is 110 Å². The van der Waals surface area contributed by atoms with Crippen LogP contribution in [0.4, 0.5) is 11.4 Å². The minimum Gasteiger partial charge on any atom is -0.387 e. The van der Waals surface area contributed by atoms with Crippen molar-refractivity contribution in [3.63, 3.8) is 0 Å². The van der Waals surface area contributed by atoms with Gasteiger partial charge in [-0.25, -0.2) is 0 Å². The van der Waals surface area contributed by atoms with Crippen molar-refractivity contribution in [1.29, 1.82) is 0 Å². The van der Waals surface area contributed by atoms with Crippen LogP contribution in [0.3, 0.4) is 0 Å². The van der Waals surface area contributed by atoms with Gasteiger partial charge in [0.1, 0.15) is 5.02 Å². The molecule has 8 nitrogen and oxygen atoms in total. The van der Waals surface area contributed by atoms with Crippen molar-refractivity contribution in [2.75, 3.05) is 11.9 Å². The number of nitrogens with one attached hydrogen (secondary N) is 1. The van der Waals surface area contributed by atoms with Crippen LogP contribution in [0.25, 0.3) is 5.69 Å². The van der Waals surface area contributed by atoms with Gasteiger partial charge in [0.25, 0.3) is 11.2 Å². The summed E-state index contributed by atoms with van der Waals surface area (Å²) >= 11 is 6.14. The number of anilines is 1. The van der Waals surface area contributed by atoms with E-state index in [-0.39, 0.29) is 22.9 Å². The van der Waals surface area contributed by atoms with Crippen LogP contribution in [0.15, 0.2) is 65.6 Å². The lowest BCUT2D eigenvalue weighted by molar-refractivity contribution is -0.384. The van der Waals surface area contributed by atoms with Crippen molar-refractivity contribution in [2.24, 2.45) is 0 Å². The van der Waals surface area contributed by atoms with Crippen LogP contribution in [0, 0.1) is 10.1 Å². The van der Waals surface area contributed by atoms with Gasteiger partial charge in [0.05, 0.1) is 28.6 Å². The van der Waals surface area contributed by atoms with Crippen LogP contribution >= 0.6 is 11.6 Å². The number of benzene rings is 2. The van der Waals surface area contributed by atoms with Gasteiger partial charge in [-0.15, -0.1) is 0 Å². The number of nitro groups is 1. The van der Waals surface area contributed by atoms with E-state index in [4.69, 9.17) is 11.6 Å². The predicted molar refractivity (Wildman–Crippen MR) is 101 cm³/mol. The summed E-state index contributed by atoms with van der Waals surface area (Å²) < 4.78 is 1.18. The Hall–Kier alpha value is -3.23. The molecule has 2 aromatic carbocycles. The Bertz CT molecular complexity index is 1010. The molecule has 3 aromatic rings. The molecule has 0 spiro atoms. The predicted octanol–water partition coefficient (Wildman–Crippen LogP) is 2.94. The zero-order valence-corrected chi connectivity index (χ0v) is 14.7. The highest BCUT2D eigenvalue weighted by molar-refractivity contribution is 6.32. The van der Waals surface area contributed by atoms with Gasteiger partial charge in [0.15, 0.2) is 0 Å². The molecule has 0 aliphatic heterocycles. The molecule has 0 unspecified atom stereocenters. The van der Waals surface area contributed by atoms with E-state index in [1.807, 2.05) is 6.07 Å². The number of aliphatic hydroxyl groups is 1. The third-order valence-corrected chi connectivity index (χ3v) is 4.26. The van der Waals surface area contributed by atoms with Gasteiger partial charge in [0.2, 0.25) is 0 Å². The summed E-state index contributed by atoms with van der Waals surface area (Å²) in [7, 11) is 0. The highest BCUT2D eigenvalue weighted by Gasteiger charge is 2.14. The van der Waals surface area contributed by atoms with Gasteiger partial charge < -0.3 is 10.4 Å². The maximum Gasteiger partial charge on any atom is 0.292 e. The molecule has 27 heavy (non-hydrogen) atoms. The third-order valence-electron chi connectivity index (χ3n) is 3.89. The van der Waals surface area contributed by atoms with Crippen LogP contribution in [-0.4, -0.2) is 26.4 Å². The monoisotopic (exact) mass is 386 g/mol. The number of nitro benzene ring substituents is 1. The van der Waals surface area contributed by atoms with Crippen LogP contribution in [0.5, 0.6) is 0 Å². The van der Waals surface area contributed by atoms with Gasteiger partial charge in [-0.1, -0.05) is 29.8 Å². The minimum atomic E-state index is -0.946. The van der Waals surface area contributed by atoms with Crippen molar-refractivity contribution in [1.82, 2.24) is 9.78 Å². The van der Waals surface area contributed by atoms with Gasteiger partial charge in [-0.3, -0.25) is 14.9 Å². The van der Waals surface area contributed by atoms with E-state index in [2.05, 4.69) is 10.4 Å². The van der Waals surface area contributed by atoms with Crippen molar-refractivity contribution in [2.45, 2.75) is 6.10 Å². The van der Waals surface area contributed by atoms with Crippen molar-refractivity contribution < 1.29 is 10.0 Å². The van der Waals surface area contributed by atoms with E-state index >= 15 is 0 Å². The van der Waals surface area contributed by atoms with Crippen molar-refractivity contribution in [3.8, 4) is 5.69 Å². The first-order valence-corrected chi connectivity index (χ1v) is 8.34. The standard InChI is InChI=1S/C18H15ClN4O4/c19-17-15(10-21-22(18(17)25)13-4-2-1-3-5-13)20-11-16(24)12-6-8-14(9-7-12)23(26)27/h1-10,16,20,24H,11H2/t16-/m1/s1. The third kappa shape index (κ3) is 4.13. The molecular weight excluding hydrogens is 372 g/mol. The summed E-state index contributed by atoms with van der Waals surface area (Å²) in [5.41, 5.74) is 0.819. The maximum atomic E-state index is 12.4.